The van der Waals surface area contributed by atoms with Crippen LogP contribution in [-0.2, 0) is 9.68 Å². The Morgan fingerprint density at radius 3 is 1.59 bits per heavy atom. The SMILES string of the molecule is O=C(ON=C1C=CC(=NOC(=O)c2ccc(Cl)cc2)C=C1)c1ccccc1. The first kappa shape index (κ1) is 18.3. The van der Waals surface area contributed by atoms with Gasteiger partial charge in [0.1, 0.15) is 11.4 Å². The summed E-state index contributed by atoms with van der Waals surface area (Å²) in [5, 5.41) is 8.04. The quantitative estimate of drug-likeness (QED) is 0.452. The van der Waals surface area contributed by atoms with Crippen LogP contribution in [0.3, 0.4) is 0 Å². The van der Waals surface area contributed by atoms with E-state index < -0.39 is 11.9 Å². The van der Waals surface area contributed by atoms with Gasteiger partial charge in [0, 0.05) is 5.02 Å². The lowest BCUT2D eigenvalue weighted by molar-refractivity contribution is 0.0508. The van der Waals surface area contributed by atoms with Crippen molar-refractivity contribution in [2.24, 2.45) is 10.3 Å². The van der Waals surface area contributed by atoms with Crippen LogP contribution < -0.4 is 0 Å². The first-order valence-electron chi connectivity index (χ1n) is 7.87. The van der Waals surface area contributed by atoms with E-state index in [1.165, 1.54) is 0 Å². The number of benzene rings is 2. The summed E-state index contributed by atoms with van der Waals surface area (Å²) in [6.45, 7) is 0. The summed E-state index contributed by atoms with van der Waals surface area (Å²) in [4.78, 5) is 33.4. The molecule has 134 valence electrons. The zero-order valence-electron chi connectivity index (χ0n) is 13.9. The van der Waals surface area contributed by atoms with Crippen molar-refractivity contribution in [2.45, 2.75) is 0 Å². The smallest absolute Gasteiger partial charge is 0.312 e. The minimum Gasteiger partial charge on any atom is -0.312 e. The van der Waals surface area contributed by atoms with Crippen LogP contribution in [0.1, 0.15) is 20.7 Å². The number of rotatable bonds is 4. The molecule has 0 heterocycles. The summed E-state index contributed by atoms with van der Waals surface area (Å²) < 4.78 is 0. The van der Waals surface area contributed by atoms with E-state index in [0.29, 0.717) is 27.6 Å². The molecule has 6 nitrogen and oxygen atoms in total. The van der Waals surface area contributed by atoms with Gasteiger partial charge in [0.05, 0.1) is 11.1 Å². The molecular weight excluding hydrogens is 368 g/mol. The molecule has 0 fully saturated rings. The van der Waals surface area contributed by atoms with E-state index in [2.05, 4.69) is 10.3 Å². The third-order valence-corrected chi connectivity index (χ3v) is 3.66. The molecule has 1 aliphatic carbocycles. The Labute approximate surface area is 160 Å². The molecule has 0 amide bonds. The van der Waals surface area contributed by atoms with E-state index in [0.717, 1.165) is 0 Å². The van der Waals surface area contributed by atoms with Gasteiger partial charge in [0.2, 0.25) is 0 Å². The highest BCUT2D eigenvalue weighted by molar-refractivity contribution is 6.30. The van der Waals surface area contributed by atoms with Gasteiger partial charge >= 0.3 is 11.9 Å². The predicted octanol–water partition coefficient (Wildman–Crippen LogP) is 4.19. The summed E-state index contributed by atoms with van der Waals surface area (Å²) in [6.07, 6.45) is 6.30. The molecule has 0 unspecified atom stereocenters. The lowest BCUT2D eigenvalue weighted by atomic mass is 10.1. The van der Waals surface area contributed by atoms with E-state index in [1.807, 2.05) is 0 Å². The van der Waals surface area contributed by atoms with Gasteiger partial charge in [-0.15, -0.1) is 0 Å². The number of allylic oxidation sites excluding steroid dienone is 4. The molecule has 0 bridgehead atoms. The van der Waals surface area contributed by atoms with Crippen LogP contribution >= 0.6 is 11.6 Å². The molecule has 0 N–H and O–H groups in total. The van der Waals surface area contributed by atoms with E-state index in [-0.39, 0.29) is 0 Å². The largest absolute Gasteiger partial charge is 0.365 e. The number of halogens is 1. The highest BCUT2D eigenvalue weighted by atomic mass is 35.5. The highest BCUT2D eigenvalue weighted by Crippen LogP contribution is 2.11. The second-order valence-electron chi connectivity index (χ2n) is 5.33. The second-order valence-corrected chi connectivity index (χ2v) is 5.77. The minimum absolute atomic E-state index is 0.336. The van der Waals surface area contributed by atoms with Gasteiger partial charge in [-0.2, -0.15) is 0 Å². The van der Waals surface area contributed by atoms with Crippen LogP contribution in [0, 0.1) is 0 Å². The zero-order valence-corrected chi connectivity index (χ0v) is 14.7. The summed E-state index contributed by atoms with van der Waals surface area (Å²) in [5.74, 6) is -1.15. The standard InChI is InChI=1S/C20H13ClN2O4/c21-16-8-6-15(7-9-16)20(25)27-23-18-12-10-17(11-13-18)22-26-19(24)14-4-2-1-3-5-14/h1-13H. The van der Waals surface area contributed by atoms with Crippen LogP contribution in [-0.4, -0.2) is 23.4 Å². The van der Waals surface area contributed by atoms with Crippen LogP contribution in [0.15, 0.2) is 89.2 Å². The fourth-order valence-electron chi connectivity index (χ4n) is 2.03. The molecule has 0 aliphatic heterocycles. The van der Waals surface area contributed by atoms with Crippen LogP contribution in [0.4, 0.5) is 0 Å². The minimum atomic E-state index is -0.600. The second kappa shape index (κ2) is 8.73. The third kappa shape index (κ3) is 5.23. The van der Waals surface area contributed by atoms with Crippen molar-refractivity contribution in [3.8, 4) is 0 Å². The highest BCUT2D eigenvalue weighted by Gasteiger charge is 2.09. The number of carbonyl (C=O) groups is 2. The molecule has 7 heteroatoms. The zero-order chi connectivity index (χ0) is 19.1. The van der Waals surface area contributed by atoms with Gasteiger partial charge in [0.15, 0.2) is 0 Å². The van der Waals surface area contributed by atoms with E-state index >= 15 is 0 Å². The monoisotopic (exact) mass is 380 g/mol. The Balaban J connectivity index is 1.55. The van der Waals surface area contributed by atoms with Crippen LogP contribution in [0.5, 0.6) is 0 Å². The molecule has 0 atom stereocenters. The average molecular weight is 381 g/mol. The summed E-state index contributed by atoms with van der Waals surface area (Å²) >= 11 is 5.77. The Hall–Kier alpha value is -3.51. The normalized spacial score (nSPS) is 12.5. The fourth-order valence-corrected chi connectivity index (χ4v) is 2.15. The summed E-state index contributed by atoms with van der Waals surface area (Å²) in [7, 11) is 0. The Kier molecular flexibility index (Phi) is 5.91. The lowest BCUT2D eigenvalue weighted by Crippen LogP contribution is -2.06. The molecular formula is C20H13ClN2O4. The molecule has 0 saturated carbocycles. The van der Waals surface area contributed by atoms with Crippen molar-refractivity contribution in [1.82, 2.24) is 0 Å². The van der Waals surface area contributed by atoms with Gasteiger partial charge in [-0.3, -0.25) is 0 Å². The maximum atomic E-state index is 11.9. The Bertz CT molecular complexity index is 943. The molecule has 27 heavy (non-hydrogen) atoms. The Morgan fingerprint density at radius 1 is 0.667 bits per heavy atom. The molecule has 2 aromatic carbocycles. The maximum absolute atomic E-state index is 11.9. The number of oxime groups is 2. The number of hydrogen-bond donors (Lipinski definition) is 0. The van der Waals surface area contributed by atoms with E-state index in [9.17, 15) is 9.59 Å². The van der Waals surface area contributed by atoms with Crippen LogP contribution in [0.2, 0.25) is 5.02 Å². The molecule has 0 aromatic heterocycles. The van der Waals surface area contributed by atoms with Crippen molar-refractivity contribution < 1.29 is 19.3 Å². The van der Waals surface area contributed by atoms with Crippen molar-refractivity contribution in [1.29, 1.82) is 0 Å². The van der Waals surface area contributed by atoms with Crippen LogP contribution in [0.25, 0.3) is 0 Å². The molecule has 2 aromatic rings. The first-order chi connectivity index (χ1) is 13.1. The summed E-state index contributed by atoms with van der Waals surface area (Å²) in [6, 6.07) is 14.8. The van der Waals surface area contributed by atoms with Gasteiger partial charge in [-0.1, -0.05) is 40.1 Å². The number of carbonyl (C=O) groups excluding carboxylic acids is 2. The molecule has 1 aliphatic rings. The van der Waals surface area contributed by atoms with Crippen molar-refractivity contribution >= 4 is 35.0 Å². The van der Waals surface area contributed by atoms with E-state index in [4.69, 9.17) is 21.3 Å². The van der Waals surface area contributed by atoms with Gasteiger partial charge in [-0.05, 0) is 60.7 Å². The predicted molar refractivity (Wildman–Crippen MR) is 102 cm³/mol. The van der Waals surface area contributed by atoms with Gasteiger partial charge in [-0.25, -0.2) is 9.59 Å². The Morgan fingerprint density at radius 2 is 1.11 bits per heavy atom. The first-order valence-corrected chi connectivity index (χ1v) is 8.25. The summed E-state index contributed by atoms with van der Waals surface area (Å²) in [5.41, 5.74) is 1.57. The van der Waals surface area contributed by atoms with Crippen molar-refractivity contribution in [3.05, 3.63) is 95.1 Å². The van der Waals surface area contributed by atoms with Gasteiger partial charge in [0.25, 0.3) is 0 Å². The van der Waals surface area contributed by atoms with Crippen molar-refractivity contribution in [3.63, 3.8) is 0 Å². The topological polar surface area (TPSA) is 77.3 Å². The van der Waals surface area contributed by atoms with Gasteiger partial charge < -0.3 is 9.68 Å². The lowest BCUT2D eigenvalue weighted by Gasteiger charge is -2.03. The van der Waals surface area contributed by atoms with E-state index in [1.54, 1.807) is 78.9 Å². The molecule has 0 saturated heterocycles. The fraction of sp³-hybridized carbons (Fsp3) is 0. The number of nitrogens with zero attached hydrogens (tertiary/aromatic N) is 2. The third-order valence-electron chi connectivity index (χ3n) is 3.41. The molecule has 3 rings (SSSR count). The molecule has 0 spiro atoms. The van der Waals surface area contributed by atoms with Crippen molar-refractivity contribution in [2.75, 3.05) is 0 Å². The molecule has 0 radical (unpaired) electrons. The maximum Gasteiger partial charge on any atom is 0.365 e. The number of hydrogen-bond acceptors (Lipinski definition) is 6. The average Bonchev–Trinajstić information content (AvgIpc) is 2.72.